The fourth-order valence-corrected chi connectivity index (χ4v) is 4.28. The number of aromatic nitrogens is 3. The van der Waals surface area contributed by atoms with E-state index in [0.717, 1.165) is 18.5 Å². The first-order valence-corrected chi connectivity index (χ1v) is 10.1. The largest absolute Gasteiger partial charge is 0.461 e. The predicted octanol–water partition coefficient (Wildman–Crippen LogP) is 1.50. The van der Waals surface area contributed by atoms with Crippen LogP contribution in [0.2, 0.25) is 0 Å². The summed E-state index contributed by atoms with van der Waals surface area (Å²) in [7, 11) is 3.96. The Hall–Kier alpha value is -2.74. The third-order valence-corrected chi connectivity index (χ3v) is 5.85. The lowest BCUT2D eigenvalue weighted by atomic mass is 9.76. The van der Waals surface area contributed by atoms with E-state index in [0.29, 0.717) is 37.6 Å². The molecule has 1 spiro atoms. The van der Waals surface area contributed by atoms with Gasteiger partial charge in [-0.3, -0.25) is 14.7 Å². The van der Waals surface area contributed by atoms with Crippen LogP contribution in [0.3, 0.4) is 0 Å². The van der Waals surface area contributed by atoms with E-state index >= 15 is 0 Å². The van der Waals surface area contributed by atoms with E-state index < -0.39 is 5.41 Å². The van der Waals surface area contributed by atoms with E-state index in [1.165, 1.54) is 0 Å². The number of amides is 1. The van der Waals surface area contributed by atoms with Crippen LogP contribution in [-0.2, 0) is 20.7 Å². The van der Waals surface area contributed by atoms with Crippen LogP contribution in [0.4, 0.5) is 0 Å². The highest BCUT2D eigenvalue weighted by Crippen LogP contribution is 2.43. The SMILES string of the molecule is CN(C)CC1CC2(CCN(C(=O)Cc3nc(-c4ccccc4)n[nH]3)CC2)C(=O)O1. The highest BCUT2D eigenvalue weighted by atomic mass is 16.6. The number of nitrogens with one attached hydrogen (secondary N) is 1. The third kappa shape index (κ3) is 4.17. The maximum absolute atomic E-state index is 12.7. The number of nitrogens with zero attached hydrogens (tertiary/aromatic N) is 4. The lowest BCUT2D eigenvalue weighted by Crippen LogP contribution is -2.45. The minimum absolute atomic E-state index is 0.00631. The van der Waals surface area contributed by atoms with E-state index in [2.05, 4.69) is 15.2 Å². The summed E-state index contributed by atoms with van der Waals surface area (Å²) < 4.78 is 5.59. The Kier molecular flexibility index (Phi) is 5.36. The summed E-state index contributed by atoms with van der Waals surface area (Å²) in [5, 5.41) is 7.08. The van der Waals surface area contributed by atoms with E-state index in [1.54, 1.807) is 0 Å². The zero-order chi connectivity index (χ0) is 20.4. The van der Waals surface area contributed by atoms with E-state index in [9.17, 15) is 9.59 Å². The molecule has 2 fully saturated rings. The summed E-state index contributed by atoms with van der Waals surface area (Å²) in [6.45, 7) is 1.88. The van der Waals surface area contributed by atoms with Gasteiger partial charge in [-0.2, -0.15) is 5.10 Å². The van der Waals surface area contributed by atoms with Crippen molar-refractivity contribution in [1.82, 2.24) is 25.0 Å². The van der Waals surface area contributed by atoms with Gasteiger partial charge < -0.3 is 14.5 Å². The van der Waals surface area contributed by atoms with Crippen molar-refractivity contribution in [1.29, 1.82) is 0 Å². The number of ether oxygens (including phenoxy) is 1. The number of carbonyl (C=O) groups excluding carboxylic acids is 2. The predicted molar refractivity (Wildman–Crippen MR) is 107 cm³/mol. The molecular weight excluding hydrogens is 370 g/mol. The fraction of sp³-hybridized carbons (Fsp3) is 0.524. The summed E-state index contributed by atoms with van der Waals surface area (Å²) in [6, 6.07) is 9.66. The first-order valence-electron chi connectivity index (χ1n) is 10.1. The Morgan fingerprint density at radius 1 is 1.28 bits per heavy atom. The Bertz CT molecular complexity index is 871. The molecule has 0 aliphatic carbocycles. The number of cyclic esters (lactones) is 1. The summed E-state index contributed by atoms with van der Waals surface area (Å²) in [5.41, 5.74) is 0.485. The van der Waals surface area contributed by atoms with Gasteiger partial charge in [0, 0.05) is 31.6 Å². The van der Waals surface area contributed by atoms with Gasteiger partial charge >= 0.3 is 5.97 Å². The number of likely N-dealkylation sites (N-methyl/N-ethyl adjacent to an activating group) is 1. The van der Waals surface area contributed by atoms with Crippen molar-refractivity contribution < 1.29 is 14.3 Å². The number of likely N-dealkylation sites (tertiary alicyclic amines) is 1. The molecule has 1 atom stereocenters. The number of esters is 1. The molecule has 4 rings (SSSR count). The van der Waals surface area contributed by atoms with Gasteiger partial charge in [-0.1, -0.05) is 30.3 Å². The van der Waals surface area contributed by atoms with Crippen molar-refractivity contribution in [2.45, 2.75) is 31.8 Å². The molecule has 1 aromatic heterocycles. The minimum atomic E-state index is -0.426. The molecule has 2 saturated heterocycles. The molecule has 1 unspecified atom stereocenters. The number of aromatic amines is 1. The number of hydrogen-bond donors (Lipinski definition) is 1. The van der Waals surface area contributed by atoms with Gasteiger partial charge in [0.05, 0.1) is 11.8 Å². The van der Waals surface area contributed by atoms with Crippen LogP contribution in [0.5, 0.6) is 0 Å². The molecule has 2 aliphatic rings. The Balaban J connectivity index is 1.33. The zero-order valence-electron chi connectivity index (χ0n) is 16.9. The topological polar surface area (TPSA) is 91.4 Å². The van der Waals surface area contributed by atoms with Crippen molar-refractivity contribution in [3.63, 3.8) is 0 Å². The summed E-state index contributed by atoms with van der Waals surface area (Å²) in [4.78, 5) is 33.5. The number of H-pyrrole nitrogens is 1. The lowest BCUT2D eigenvalue weighted by molar-refractivity contribution is -0.152. The number of rotatable bonds is 5. The lowest BCUT2D eigenvalue weighted by Gasteiger charge is -2.36. The Morgan fingerprint density at radius 2 is 2.00 bits per heavy atom. The Morgan fingerprint density at radius 3 is 2.69 bits per heavy atom. The molecule has 0 bridgehead atoms. The Labute approximate surface area is 170 Å². The molecular formula is C21H27N5O3. The average Bonchev–Trinajstić information content (AvgIpc) is 3.27. The zero-order valence-corrected chi connectivity index (χ0v) is 16.9. The maximum Gasteiger partial charge on any atom is 0.312 e. The van der Waals surface area contributed by atoms with Crippen molar-refractivity contribution in [3.8, 4) is 11.4 Å². The van der Waals surface area contributed by atoms with Gasteiger partial charge in [0.1, 0.15) is 11.9 Å². The van der Waals surface area contributed by atoms with Gasteiger partial charge in [0.25, 0.3) is 0 Å². The molecule has 8 nitrogen and oxygen atoms in total. The molecule has 0 radical (unpaired) electrons. The standard InChI is InChI=1S/C21H27N5O3/c1-25(2)14-16-13-21(20(28)29-16)8-10-26(11-9-21)18(27)12-17-22-19(24-23-17)15-6-4-3-5-7-15/h3-7,16H,8-14H2,1-2H3,(H,22,23,24). The van der Waals surface area contributed by atoms with Crippen LogP contribution >= 0.6 is 0 Å². The van der Waals surface area contributed by atoms with Gasteiger partial charge in [0.15, 0.2) is 5.82 Å². The third-order valence-electron chi connectivity index (χ3n) is 5.85. The highest BCUT2D eigenvalue weighted by Gasteiger charge is 2.50. The van der Waals surface area contributed by atoms with Crippen LogP contribution < -0.4 is 0 Å². The smallest absolute Gasteiger partial charge is 0.312 e. The highest BCUT2D eigenvalue weighted by molar-refractivity contribution is 5.81. The van der Waals surface area contributed by atoms with Gasteiger partial charge in [-0.15, -0.1) is 0 Å². The molecule has 1 amide bonds. The van der Waals surface area contributed by atoms with E-state index in [-0.39, 0.29) is 24.4 Å². The monoisotopic (exact) mass is 397 g/mol. The maximum atomic E-state index is 12.7. The summed E-state index contributed by atoms with van der Waals surface area (Å²) in [5.74, 6) is 1.05. The van der Waals surface area contributed by atoms with Crippen LogP contribution in [0, 0.1) is 5.41 Å². The van der Waals surface area contributed by atoms with Gasteiger partial charge in [-0.05, 0) is 26.9 Å². The van der Waals surface area contributed by atoms with Crippen molar-refractivity contribution in [2.75, 3.05) is 33.7 Å². The average molecular weight is 397 g/mol. The van der Waals surface area contributed by atoms with Crippen LogP contribution in [0.1, 0.15) is 25.1 Å². The van der Waals surface area contributed by atoms with Crippen molar-refractivity contribution in [3.05, 3.63) is 36.2 Å². The summed E-state index contributed by atoms with van der Waals surface area (Å²) >= 11 is 0. The van der Waals surface area contributed by atoms with Crippen LogP contribution in [-0.4, -0.2) is 76.7 Å². The molecule has 3 heterocycles. The number of hydrogen-bond acceptors (Lipinski definition) is 6. The molecule has 0 saturated carbocycles. The fourth-order valence-electron chi connectivity index (χ4n) is 4.28. The molecule has 1 aromatic carbocycles. The molecule has 2 aromatic rings. The van der Waals surface area contributed by atoms with Crippen LogP contribution in [0.25, 0.3) is 11.4 Å². The van der Waals surface area contributed by atoms with Gasteiger partial charge in [0.2, 0.25) is 5.91 Å². The summed E-state index contributed by atoms with van der Waals surface area (Å²) in [6.07, 6.45) is 2.19. The van der Waals surface area contributed by atoms with Crippen LogP contribution in [0.15, 0.2) is 30.3 Å². The number of piperidine rings is 1. The first-order chi connectivity index (χ1) is 13.9. The second kappa shape index (κ2) is 7.94. The molecule has 1 N–H and O–H groups in total. The minimum Gasteiger partial charge on any atom is -0.461 e. The van der Waals surface area contributed by atoms with E-state index in [4.69, 9.17) is 4.74 Å². The first kappa shape index (κ1) is 19.6. The molecule has 8 heteroatoms. The van der Waals surface area contributed by atoms with E-state index in [1.807, 2.05) is 54.2 Å². The second-order valence-corrected chi connectivity index (χ2v) is 8.30. The van der Waals surface area contributed by atoms with Crippen molar-refractivity contribution in [2.24, 2.45) is 5.41 Å². The number of benzene rings is 1. The van der Waals surface area contributed by atoms with Gasteiger partial charge in [-0.25, -0.2) is 4.98 Å². The number of carbonyl (C=O) groups is 2. The quantitative estimate of drug-likeness (QED) is 0.769. The normalized spacial score (nSPS) is 21.0. The molecule has 29 heavy (non-hydrogen) atoms. The molecule has 154 valence electrons. The molecule has 2 aliphatic heterocycles. The van der Waals surface area contributed by atoms with Crippen molar-refractivity contribution >= 4 is 11.9 Å². The second-order valence-electron chi connectivity index (χ2n) is 8.30.